The maximum absolute atomic E-state index is 4.60. The molecule has 0 atom stereocenters. The number of hydrogen-bond acceptors (Lipinski definition) is 1. The zero-order chi connectivity index (χ0) is 12.7. The first-order chi connectivity index (χ1) is 8.24. The summed E-state index contributed by atoms with van der Waals surface area (Å²) >= 11 is 0. The van der Waals surface area contributed by atoms with Gasteiger partial charge in [0.05, 0.1) is 6.54 Å². The second kappa shape index (κ2) is 7.10. The molecule has 0 aromatic rings. The van der Waals surface area contributed by atoms with Crippen molar-refractivity contribution < 1.29 is 0 Å². The lowest BCUT2D eigenvalue weighted by Crippen LogP contribution is -2.15. The van der Waals surface area contributed by atoms with Crippen LogP contribution < -0.4 is 5.32 Å². The molecule has 1 rings (SSSR count). The molecule has 0 saturated heterocycles. The van der Waals surface area contributed by atoms with E-state index >= 15 is 0 Å². The van der Waals surface area contributed by atoms with E-state index in [1.165, 1.54) is 23.1 Å². The Morgan fingerprint density at radius 1 is 1.41 bits per heavy atom. The van der Waals surface area contributed by atoms with Gasteiger partial charge in [0.1, 0.15) is 5.84 Å². The van der Waals surface area contributed by atoms with Crippen LogP contribution >= 0.6 is 0 Å². The van der Waals surface area contributed by atoms with Crippen LogP contribution in [0.25, 0.3) is 0 Å². The molecule has 0 aromatic heterocycles. The third-order valence-electron chi connectivity index (χ3n) is 2.96. The van der Waals surface area contributed by atoms with Crippen molar-refractivity contribution in [2.45, 2.75) is 47.0 Å². The van der Waals surface area contributed by atoms with E-state index < -0.39 is 0 Å². The molecule has 1 heterocycles. The molecule has 0 fully saturated rings. The molecular weight excluding hydrogens is 208 g/mol. The van der Waals surface area contributed by atoms with Gasteiger partial charge in [-0.2, -0.15) is 0 Å². The van der Waals surface area contributed by atoms with Gasteiger partial charge in [-0.05, 0) is 32.3 Å². The van der Waals surface area contributed by atoms with Crippen LogP contribution in [-0.2, 0) is 0 Å². The molecule has 0 bridgehead atoms. The number of hydrogen-bond donors (Lipinski definition) is 1. The normalized spacial score (nSPS) is 20.9. The third-order valence-corrected chi connectivity index (χ3v) is 2.96. The molecule has 1 N–H and O–H groups in total. The highest BCUT2D eigenvalue weighted by molar-refractivity contribution is 6.06. The van der Waals surface area contributed by atoms with Gasteiger partial charge in [-0.15, -0.1) is 0 Å². The van der Waals surface area contributed by atoms with Crippen molar-refractivity contribution in [1.29, 1.82) is 0 Å². The van der Waals surface area contributed by atoms with Crippen molar-refractivity contribution in [3.8, 4) is 0 Å². The largest absolute Gasteiger partial charge is 0.346 e. The Hall–Kier alpha value is -1.31. The Morgan fingerprint density at radius 3 is 2.76 bits per heavy atom. The average Bonchev–Trinajstić information content (AvgIpc) is 2.73. The Morgan fingerprint density at radius 2 is 2.18 bits per heavy atom. The highest BCUT2D eigenvalue weighted by Gasteiger charge is 2.18. The second-order valence-electron chi connectivity index (χ2n) is 4.33. The number of nitrogens with zero attached hydrogens (tertiary/aromatic N) is 1. The third kappa shape index (κ3) is 3.58. The first-order valence-electron chi connectivity index (χ1n) is 6.56. The first-order valence-corrected chi connectivity index (χ1v) is 6.56. The standard InChI is InChI=1S/C15H24N2/c1-5-8-10-16-15-14(12(4)9-6-2)13(7-3)11-17-15/h5,8,11H,6-7,9-10H2,1-4H3,(H,16,17)/b8-5-,14-12+. The lowest BCUT2D eigenvalue weighted by molar-refractivity contribution is 0.896. The van der Waals surface area contributed by atoms with Crippen LogP contribution in [0.5, 0.6) is 0 Å². The van der Waals surface area contributed by atoms with Gasteiger partial charge in [0.2, 0.25) is 0 Å². The Kier molecular flexibility index (Phi) is 5.75. The maximum Gasteiger partial charge on any atom is 0.132 e. The molecule has 2 nitrogen and oxygen atoms in total. The van der Waals surface area contributed by atoms with Gasteiger partial charge in [-0.3, -0.25) is 4.99 Å². The van der Waals surface area contributed by atoms with Crippen molar-refractivity contribution in [3.05, 3.63) is 35.1 Å². The number of nitrogens with one attached hydrogen (secondary N) is 1. The molecule has 1 aliphatic rings. The lowest BCUT2D eigenvalue weighted by Gasteiger charge is -2.09. The van der Waals surface area contributed by atoms with Gasteiger partial charge in [-0.25, -0.2) is 0 Å². The van der Waals surface area contributed by atoms with Crippen molar-refractivity contribution in [2.24, 2.45) is 4.99 Å². The van der Waals surface area contributed by atoms with Crippen molar-refractivity contribution in [3.63, 3.8) is 0 Å². The minimum Gasteiger partial charge on any atom is -0.346 e. The predicted molar refractivity (Wildman–Crippen MR) is 76.2 cm³/mol. The van der Waals surface area contributed by atoms with Gasteiger partial charge < -0.3 is 5.32 Å². The summed E-state index contributed by atoms with van der Waals surface area (Å²) in [6, 6.07) is 0. The fourth-order valence-corrected chi connectivity index (χ4v) is 2.08. The number of allylic oxidation sites excluding steroid dienone is 2. The van der Waals surface area contributed by atoms with Crippen LogP contribution in [-0.4, -0.2) is 12.4 Å². The van der Waals surface area contributed by atoms with Crippen molar-refractivity contribution >= 4 is 5.84 Å². The van der Waals surface area contributed by atoms with Crippen molar-refractivity contribution in [2.75, 3.05) is 6.54 Å². The van der Waals surface area contributed by atoms with Gasteiger partial charge in [-0.1, -0.05) is 38.0 Å². The summed E-state index contributed by atoms with van der Waals surface area (Å²) in [6.07, 6.45) is 9.61. The number of aliphatic imine (C=N–C) groups is 1. The van der Waals surface area contributed by atoms with E-state index in [2.05, 4.69) is 43.4 Å². The molecule has 0 aliphatic carbocycles. The molecular formula is C15H24N2. The molecule has 0 unspecified atom stereocenters. The summed E-state index contributed by atoms with van der Waals surface area (Å²) in [5.74, 6) is 1.05. The topological polar surface area (TPSA) is 24.4 Å². The van der Waals surface area contributed by atoms with Crippen LogP contribution in [0.2, 0.25) is 0 Å². The molecule has 0 aromatic carbocycles. The molecule has 1 aliphatic heterocycles. The van der Waals surface area contributed by atoms with Gasteiger partial charge in [0, 0.05) is 11.8 Å². The molecule has 94 valence electrons. The number of amidine groups is 1. The molecule has 0 radical (unpaired) electrons. The fourth-order valence-electron chi connectivity index (χ4n) is 2.08. The van der Waals surface area contributed by atoms with Crippen LogP contribution in [0, 0.1) is 0 Å². The van der Waals surface area contributed by atoms with Crippen molar-refractivity contribution in [1.82, 2.24) is 5.32 Å². The van der Waals surface area contributed by atoms with Gasteiger partial charge in [0.25, 0.3) is 0 Å². The zero-order valence-electron chi connectivity index (χ0n) is 11.5. The summed E-state index contributed by atoms with van der Waals surface area (Å²) in [4.78, 5) is 4.60. The maximum atomic E-state index is 4.60. The van der Waals surface area contributed by atoms with E-state index in [-0.39, 0.29) is 0 Å². The minimum absolute atomic E-state index is 0.757. The quantitative estimate of drug-likeness (QED) is 0.712. The van der Waals surface area contributed by atoms with E-state index in [4.69, 9.17) is 0 Å². The first kappa shape index (κ1) is 13.8. The second-order valence-corrected chi connectivity index (χ2v) is 4.33. The van der Waals surface area contributed by atoms with Crippen LogP contribution in [0.15, 0.2) is 40.1 Å². The Balaban J connectivity index is 2.94. The van der Waals surface area contributed by atoms with Crippen LogP contribution in [0.4, 0.5) is 0 Å². The fraction of sp³-hybridized carbons (Fsp3) is 0.533. The highest BCUT2D eigenvalue weighted by Crippen LogP contribution is 2.25. The summed E-state index contributed by atoms with van der Waals surface area (Å²) in [6.45, 7) is 9.42. The Bertz CT molecular complexity index is 370. The van der Waals surface area contributed by atoms with E-state index in [0.717, 1.165) is 25.2 Å². The van der Waals surface area contributed by atoms with E-state index in [0.29, 0.717) is 0 Å². The number of rotatable bonds is 5. The monoisotopic (exact) mass is 232 g/mol. The summed E-state index contributed by atoms with van der Waals surface area (Å²) in [5.41, 5.74) is 4.18. The highest BCUT2D eigenvalue weighted by atomic mass is 15.0. The van der Waals surface area contributed by atoms with E-state index in [9.17, 15) is 0 Å². The molecule has 0 spiro atoms. The molecule has 0 amide bonds. The van der Waals surface area contributed by atoms with Crippen LogP contribution in [0.3, 0.4) is 0 Å². The molecule has 2 heteroatoms. The summed E-state index contributed by atoms with van der Waals surface area (Å²) in [5, 5.41) is 3.30. The van der Waals surface area contributed by atoms with E-state index in [1.807, 2.05) is 13.0 Å². The summed E-state index contributed by atoms with van der Waals surface area (Å²) < 4.78 is 0. The van der Waals surface area contributed by atoms with Crippen LogP contribution in [0.1, 0.15) is 47.0 Å². The predicted octanol–water partition coefficient (Wildman–Crippen LogP) is 3.97. The van der Waals surface area contributed by atoms with E-state index in [1.54, 1.807) is 0 Å². The zero-order valence-corrected chi connectivity index (χ0v) is 11.5. The summed E-state index contributed by atoms with van der Waals surface area (Å²) in [7, 11) is 0. The van der Waals surface area contributed by atoms with Gasteiger partial charge >= 0.3 is 0 Å². The minimum atomic E-state index is 0.757. The van der Waals surface area contributed by atoms with Gasteiger partial charge in [0.15, 0.2) is 0 Å². The smallest absolute Gasteiger partial charge is 0.132 e. The molecule has 17 heavy (non-hydrogen) atoms. The Labute approximate surface area is 105 Å². The lowest BCUT2D eigenvalue weighted by atomic mass is 9.98. The SMILES string of the molecule is C/C=C\CN=C1NC=C(CC)/C1=C(/C)CCC. The average molecular weight is 232 g/mol. The molecule has 0 saturated carbocycles.